The van der Waals surface area contributed by atoms with Crippen molar-refractivity contribution in [2.45, 2.75) is 5.60 Å². The second kappa shape index (κ2) is 4.45. The number of carbonyl (C=O) groups is 1. The predicted octanol–water partition coefficient (Wildman–Crippen LogP) is 1.02. The average Bonchev–Trinajstić information content (AvgIpc) is 3.09. The molecule has 0 atom stereocenters. The highest BCUT2D eigenvalue weighted by Crippen LogP contribution is 2.31. The molecule has 0 aliphatic carbocycles. The molecule has 6 heteroatoms. The van der Waals surface area contributed by atoms with E-state index in [0.717, 1.165) is 5.52 Å². The highest BCUT2D eigenvalue weighted by Gasteiger charge is 2.47. The monoisotopic (exact) mass is 296 g/mol. The molecule has 3 aromatic rings. The van der Waals surface area contributed by atoms with E-state index in [2.05, 4.69) is 4.98 Å². The highest BCUT2D eigenvalue weighted by molar-refractivity contribution is 5.96. The summed E-state index contributed by atoms with van der Waals surface area (Å²) in [6.07, 6.45) is 7.17. The molecule has 1 fully saturated rings. The number of hydrogen-bond acceptors (Lipinski definition) is 3. The van der Waals surface area contributed by atoms with Crippen molar-refractivity contribution in [2.24, 2.45) is 7.05 Å². The van der Waals surface area contributed by atoms with Crippen molar-refractivity contribution < 1.29 is 9.90 Å². The molecular weight excluding hydrogens is 280 g/mol. The molecule has 0 bridgehead atoms. The lowest BCUT2D eigenvalue weighted by Gasteiger charge is -2.45. The number of aromatic nitrogens is 3. The van der Waals surface area contributed by atoms with Crippen LogP contribution < -0.4 is 0 Å². The molecule has 4 rings (SSSR count). The van der Waals surface area contributed by atoms with Crippen molar-refractivity contribution in [3.8, 4) is 0 Å². The number of fused-ring (bicyclic) bond motifs is 1. The van der Waals surface area contributed by atoms with Crippen LogP contribution in [-0.2, 0) is 12.6 Å². The molecule has 0 saturated carbocycles. The third-order valence-electron chi connectivity index (χ3n) is 4.18. The Labute approximate surface area is 127 Å². The largest absolute Gasteiger partial charge is 0.378 e. The van der Waals surface area contributed by atoms with Gasteiger partial charge in [0.15, 0.2) is 5.60 Å². The molecule has 1 aliphatic heterocycles. The minimum atomic E-state index is -1.05. The Hall–Kier alpha value is -2.60. The lowest BCUT2D eigenvalue weighted by Crippen LogP contribution is -2.62. The third kappa shape index (κ3) is 1.84. The van der Waals surface area contributed by atoms with Crippen molar-refractivity contribution in [1.82, 2.24) is 18.9 Å². The Bertz CT molecular complexity index is 825. The predicted molar refractivity (Wildman–Crippen MR) is 80.4 cm³/mol. The summed E-state index contributed by atoms with van der Waals surface area (Å²) in [5.74, 6) is 0.529. The molecule has 0 spiro atoms. The lowest BCUT2D eigenvalue weighted by molar-refractivity contribution is -0.0938. The number of pyridine rings is 1. The zero-order valence-corrected chi connectivity index (χ0v) is 12.2. The lowest BCUT2D eigenvalue weighted by atomic mass is 9.92. The fourth-order valence-corrected chi connectivity index (χ4v) is 3.04. The van der Waals surface area contributed by atoms with E-state index in [1.54, 1.807) is 21.9 Å². The van der Waals surface area contributed by atoms with E-state index in [9.17, 15) is 9.90 Å². The van der Waals surface area contributed by atoms with Gasteiger partial charge in [-0.3, -0.25) is 4.79 Å². The third-order valence-corrected chi connectivity index (χ3v) is 4.18. The number of aliphatic hydroxyl groups is 1. The van der Waals surface area contributed by atoms with Crippen LogP contribution in [0.5, 0.6) is 0 Å². The number of β-amino-alcohol motifs (C(OH)–C–C–N with tert-alkyl or cyclic N) is 1. The summed E-state index contributed by atoms with van der Waals surface area (Å²) in [6, 6.07) is 7.68. The summed E-state index contributed by atoms with van der Waals surface area (Å²) < 4.78 is 3.70. The topological polar surface area (TPSA) is 62.8 Å². The van der Waals surface area contributed by atoms with Gasteiger partial charge >= 0.3 is 0 Å². The van der Waals surface area contributed by atoms with E-state index in [1.807, 2.05) is 48.1 Å². The molecule has 0 aromatic carbocycles. The summed E-state index contributed by atoms with van der Waals surface area (Å²) >= 11 is 0. The van der Waals surface area contributed by atoms with Crippen LogP contribution in [0.3, 0.4) is 0 Å². The highest BCUT2D eigenvalue weighted by atomic mass is 16.3. The van der Waals surface area contributed by atoms with Crippen LogP contribution in [0.1, 0.15) is 16.2 Å². The normalized spacial score (nSPS) is 16.7. The van der Waals surface area contributed by atoms with Gasteiger partial charge in [-0.05, 0) is 18.2 Å². The van der Waals surface area contributed by atoms with Gasteiger partial charge in [0.25, 0.3) is 5.91 Å². The maximum Gasteiger partial charge on any atom is 0.255 e. The van der Waals surface area contributed by atoms with Crippen molar-refractivity contribution in [3.63, 3.8) is 0 Å². The van der Waals surface area contributed by atoms with Crippen LogP contribution in [0.2, 0.25) is 0 Å². The fraction of sp³-hybridized carbons (Fsp3) is 0.250. The summed E-state index contributed by atoms with van der Waals surface area (Å²) in [4.78, 5) is 18.3. The fourth-order valence-electron chi connectivity index (χ4n) is 3.04. The SMILES string of the molecule is Cn1ccnc1C1(O)CN(C(=O)c2cc3ccccn3c2)C1. The molecule has 6 nitrogen and oxygen atoms in total. The number of carbonyl (C=O) groups excluding carboxylic acids is 1. The smallest absolute Gasteiger partial charge is 0.255 e. The maximum absolute atomic E-state index is 12.5. The summed E-state index contributed by atoms with van der Waals surface area (Å²) in [5.41, 5.74) is 0.561. The van der Waals surface area contributed by atoms with Gasteiger partial charge in [0.2, 0.25) is 0 Å². The zero-order valence-electron chi connectivity index (χ0n) is 12.2. The standard InChI is InChI=1S/C16H16N4O2/c1-18-7-5-17-15(18)16(22)10-20(11-16)14(21)12-8-13-4-2-3-6-19(13)9-12/h2-9,22H,10-11H2,1H3. The average molecular weight is 296 g/mol. The van der Waals surface area contributed by atoms with E-state index < -0.39 is 5.60 Å². The molecule has 1 saturated heterocycles. The first-order valence-corrected chi connectivity index (χ1v) is 7.13. The van der Waals surface area contributed by atoms with Crippen LogP contribution in [-0.4, -0.2) is 43.0 Å². The summed E-state index contributed by atoms with van der Waals surface area (Å²) in [7, 11) is 1.84. The van der Waals surface area contributed by atoms with E-state index >= 15 is 0 Å². The summed E-state index contributed by atoms with van der Waals surface area (Å²) in [5, 5.41) is 10.6. The number of nitrogens with zero attached hydrogens (tertiary/aromatic N) is 4. The van der Waals surface area contributed by atoms with E-state index in [1.165, 1.54) is 0 Å². The zero-order chi connectivity index (χ0) is 15.3. The van der Waals surface area contributed by atoms with Crippen LogP contribution >= 0.6 is 0 Å². The van der Waals surface area contributed by atoms with Crippen molar-refractivity contribution in [3.05, 3.63) is 60.4 Å². The van der Waals surface area contributed by atoms with Gasteiger partial charge < -0.3 is 19.0 Å². The number of imidazole rings is 1. The van der Waals surface area contributed by atoms with Crippen LogP contribution in [0.4, 0.5) is 0 Å². The van der Waals surface area contributed by atoms with Crippen molar-refractivity contribution in [1.29, 1.82) is 0 Å². The van der Waals surface area contributed by atoms with Crippen LogP contribution in [0.15, 0.2) is 49.1 Å². The molecule has 0 unspecified atom stereocenters. The Balaban J connectivity index is 1.55. The second-order valence-corrected chi connectivity index (χ2v) is 5.82. The first-order valence-electron chi connectivity index (χ1n) is 7.13. The number of hydrogen-bond donors (Lipinski definition) is 1. The van der Waals surface area contributed by atoms with Gasteiger partial charge in [-0.1, -0.05) is 6.07 Å². The molecule has 0 radical (unpaired) electrons. The molecule has 22 heavy (non-hydrogen) atoms. The van der Waals surface area contributed by atoms with E-state index in [-0.39, 0.29) is 19.0 Å². The van der Waals surface area contributed by atoms with Crippen LogP contribution in [0, 0.1) is 0 Å². The Morgan fingerprint density at radius 2 is 2.14 bits per heavy atom. The van der Waals surface area contributed by atoms with E-state index in [0.29, 0.717) is 11.4 Å². The van der Waals surface area contributed by atoms with Crippen molar-refractivity contribution in [2.75, 3.05) is 13.1 Å². The Morgan fingerprint density at radius 3 is 2.82 bits per heavy atom. The van der Waals surface area contributed by atoms with Gasteiger partial charge in [0, 0.05) is 37.4 Å². The number of likely N-dealkylation sites (tertiary alicyclic amines) is 1. The minimum Gasteiger partial charge on any atom is -0.378 e. The van der Waals surface area contributed by atoms with E-state index in [4.69, 9.17) is 0 Å². The molecule has 4 heterocycles. The maximum atomic E-state index is 12.5. The van der Waals surface area contributed by atoms with Gasteiger partial charge in [0.05, 0.1) is 18.7 Å². The Morgan fingerprint density at radius 1 is 1.32 bits per heavy atom. The molecule has 1 amide bonds. The van der Waals surface area contributed by atoms with Crippen LogP contribution in [0.25, 0.3) is 5.52 Å². The van der Waals surface area contributed by atoms with Crippen molar-refractivity contribution >= 4 is 11.4 Å². The second-order valence-electron chi connectivity index (χ2n) is 5.82. The quantitative estimate of drug-likeness (QED) is 0.768. The number of aryl methyl sites for hydroxylation is 1. The Kier molecular flexibility index (Phi) is 2.65. The van der Waals surface area contributed by atoms with Gasteiger partial charge in [-0.25, -0.2) is 4.98 Å². The van der Waals surface area contributed by atoms with Gasteiger partial charge in [0.1, 0.15) is 5.82 Å². The van der Waals surface area contributed by atoms with Gasteiger partial charge in [-0.2, -0.15) is 0 Å². The molecule has 1 aliphatic rings. The molecular formula is C16H16N4O2. The molecule has 3 aromatic heterocycles. The first kappa shape index (κ1) is 13.1. The first-order chi connectivity index (χ1) is 10.6. The number of amides is 1. The van der Waals surface area contributed by atoms with Gasteiger partial charge in [-0.15, -0.1) is 0 Å². The number of rotatable bonds is 2. The molecule has 112 valence electrons. The molecule has 1 N–H and O–H groups in total. The summed E-state index contributed by atoms with van der Waals surface area (Å²) in [6.45, 7) is 0.533. The minimum absolute atomic E-state index is 0.0671.